The average molecular weight is 406 g/mol. The van der Waals surface area contributed by atoms with Crippen molar-refractivity contribution in [2.45, 2.75) is 45.6 Å². The van der Waals surface area contributed by atoms with Gasteiger partial charge in [0.15, 0.2) is 12.3 Å². The van der Waals surface area contributed by atoms with Crippen LogP contribution in [0.3, 0.4) is 0 Å². The zero-order valence-electron chi connectivity index (χ0n) is 15.5. The summed E-state index contributed by atoms with van der Waals surface area (Å²) in [7, 11) is 0. The van der Waals surface area contributed by atoms with Crippen LogP contribution in [0.2, 0.25) is 0 Å². The molecule has 3 aromatic rings. The van der Waals surface area contributed by atoms with Crippen LogP contribution < -0.4 is 5.32 Å². The van der Waals surface area contributed by atoms with Crippen molar-refractivity contribution in [2.75, 3.05) is 0 Å². The van der Waals surface area contributed by atoms with Crippen LogP contribution in [0, 0.1) is 12.8 Å². The zero-order valence-corrected chi connectivity index (χ0v) is 17.2. The minimum Gasteiger partial charge on any atom is -0.356 e. The van der Waals surface area contributed by atoms with E-state index >= 15 is 0 Å². The van der Waals surface area contributed by atoms with Crippen molar-refractivity contribution in [2.24, 2.45) is 5.92 Å². The number of rotatable bonds is 4. The van der Waals surface area contributed by atoms with Gasteiger partial charge in [0, 0.05) is 23.8 Å². The fourth-order valence-electron chi connectivity index (χ4n) is 3.61. The lowest BCUT2D eigenvalue weighted by Crippen LogP contribution is -2.36. The van der Waals surface area contributed by atoms with Crippen LogP contribution in [-0.4, -0.2) is 21.4 Å². The van der Waals surface area contributed by atoms with Crippen molar-refractivity contribution in [3.63, 3.8) is 0 Å². The Bertz CT molecular complexity index is 879. The lowest BCUT2D eigenvalue weighted by Gasteiger charge is -2.27. The number of carbonyl (C=O) groups is 1. The number of hydrogen-bond acceptors (Lipinski definition) is 4. The van der Waals surface area contributed by atoms with Gasteiger partial charge in [-0.25, -0.2) is 0 Å². The highest BCUT2D eigenvalue weighted by Crippen LogP contribution is 2.31. The second-order valence-electron chi connectivity index (χ2n) is 6.95. The maximum absolute atomic E-state index is 12.8. The number of amides is 1. The Labute approximate surface area is 167 Å². The van der Waals surface area contributed by atoms with Gasteiger partial charge in [0.25, 0.3) is 0 Å². The molecule has 0 aliphatic heterocycles. The summed E-state index contributed by atoms with van der Waals surface area (Å²) >= 11 is 1.81. The summed E-state index contributed by atoms with van der Waals surface area (Å²) in [5.41, 5.74) is 4.95. The van der Waals surface area contributed by atoms with Crippen LogP contribution in [0.25, 0.3) is 21.3 Å². The molecule has 2 unspecified atom stereocenters. The first-order valence-electron chi connectivity index (χ1n) is 9.13. The molecule has 1 aliphatic carbocycles. The van der Waals surface area contributed by atoms with Crippen LogP contribution >= 0.6 is 23.7 Å². The Hall–Kier alpha value is -1.86. The molecule has 144 valence electrons. The standard InChI is InChI=1S/C12H9FN2S2.C8H15NO/c1-8-4-9(12-6-14-7-16-12)5-11-10(8)2-3-15(11)17-13;1-7-4-2-3-5-8(7)9-6-10/h2-7H,1H3;6-8H,2-5H2,1H3,(H,9,10). The Morgan fingerprint density at radius 3 is 2.85 bits per heavy atom. The predicted molar refractivity (Wildman–Crippen MR) is 112 cm³/mol. The maximum atomic E-state index is 12.8. The lowest BCUT2D eigenvalue weighted by molar-refractivity contribution is -0.110. The first kappa shape index (κ1) is 19.9. The van der Waals surface area contributed by atoms with Crippen LogP contribution in [0.15, 0.2) is 36.1 Å². The molecule has 0 bridgehead atoms. The van der Waals surface area contributed by atoms with E-state index in [9.17, 15) is 8.68 Å². The molecule has 7 heteroatoms. The van der Waals surface area contributed by atoms with Crippen molar-refractivity contribution in [3.8, 4) is 10.4 Å². The molecule has 2 heterocycles. The molecule has 1 saturated carbocycles. The molecule has 2 atom stereocenters. The van der Waals surface area contributed by atoms with Crippen molar-refractivity contribution >= 4 is 41.0 Å². The van der Waals surface area contributed by atoms with E-state index in [-0.39, 0.29) is 12.3 Å². The molecular weight excluding hydrogens is 381 g/mol. The second-order valence-corrected chi connectivity index (χ2v) is 8.37. The fourth-order valence-corrected chi connectivity index (χ4v) is 4.56. The Morgan fingerprint density at radius 1 is 1.37 bits per heavy atom. The highest BCUT2D eigenvalue weighted by Gasteiger charge is 2.19. The third-order valence-electron chi connectivity index (χ3n) is 5.16. The quantitative estimate of drug-likeness (QED) is 0.561. The largest absolute Gasteiger partial charge is 0.356 e. The monoisotopic (exact) mass is 405 g/mol. The van der Waals surface area contributed by atoms with Gasteiger partial charge in [-0.05, 0) is 55.0 Å². The van der Waals surface area contributed by atoms with Gasteiger partial charge >= 0.3 is 0 Å². The van der Waals surface area contributed by atoms with Gasteiger partial charge in [-0.15, -0.1) is 15.2 Å². The van der Waals surface area contributed by atoms with E-state index in [0.29, 0.717) is 12.0 Å². The molecule has 1 N–H and O–H groups in total. The number of carbonyl (C=O) groups excluding carboxylic acids is 1. The molecule has 1 amide bonds. The molecule has 1 fully saturated rings. The minimum atomic E-state index is 0.224. The van der Waals surface area contributed by atoms with Gasteiger partial charge in [-0.3, -0.25) is 13.8 Å². The van der Waals surface area contributed by atoms with E-state index in [1.807, 2.05) is 25.3 Å². The minimum absolute atomic E-state index is 0.224. The summed E-state index contributed by atoms with van der Waals surface area (Å²) in [4.78, 5) is 15.3. The summed E-state index contributed by atoms with van der Waals surface area (Å²) in [6.45, 7) is 4.25. The summed E-state index contributed by atoms with van der Waals surface area (Å²) in [6.07, 6.45) is 9.45. The van der Waals surface area contributed by atoms with Crippen molar-refractivity contribution in [1.82, 2.24) is 14.3 Å². The van der Waals surface area contributed by atoms with Crippen molar-refractivity contribution in [1.29, 1.82) is 0 Å². The van der Waals surface area contributed by atoms with Gasteiger partial charge in [-0.1, -0.05) is 19.8 Å². The topological polar surface area (TPSA) is 46.9 Å². The molecule has 1 aliphatic rings. The molecular formula is C20H24FN3OS2. The smallest absolute Gasteiger partial charge is 0.207 e. The van der Waals surface area contributed by atoms with Crippen molar-refractivity contribution < 1.29 is 8.68 Å². The van der Waals surface area contributed by atoms with Gasteiger partial charge < -0.3 is 5.32 Å². The average Bonchev–Trinajstić information content (AvgIpc) is 3.34. The molecule has 27 heavy (non-hydrogen) atoms. The SMILES string of the molecule is CC1CCCCC1NC=O.Cc1cc(-c2cncs2)cc2c1ccn2SF. The van der Waals surface area contributed by atoms with E-state index in [1.165, 1.54) is 29.7 Å². The lowest BCUT2D eigenvalue weighted by atomic mass is 9.86. The van der Waals surface area contributed by atoms with Gasteiger partial charge in [0.1, 0.15) is 0 Å². The molecule has 1 aromatic carbocycles. The molecule has 4 nitrogen and oxygen atoms in total. The predicted octanol–water partition coefficient (Wildman–Crippen LogP) is 5.77. The molecule has 0 spiro atoms. The van der Waals surface area contributed by atoms with Crippen LogP contribution in [0.5, 0.6) is 0 Å². The van der Waals surface area contributed by atoms with Crippen molar-refractivity contribution in [3.05, 3.63) is 41.7 Å². The normalized spacial score (nSPS) is 19.4. The van der Waals surface area contributed by atoms with E-state index in [2.05, 4.69) is 23.3 Å². The molecule has 2 aromatic heterocycles. The highest BCUT2D eigenvalue weighted by molar-refractivity contribution is 7.92. The first-order valence-corrected chi connectivity index (χ1v) is 10.7. The molecule has 0 saturated heterocycles. The van der Waals surface area contributed by atoms with E-state index in [0.717, 1.165) is 33.3 Å². The molecule has 0 radical (unpaired) electrons. The Morgan fingerprint density at radius 2 is 2.19 bits per heavy atom. The Kier molecular flexibility index (Phi) is 6.90. The van der Waals surface area contributed by atoms with E-state index in [1.54, 1.807) is 23.0 Å². The zero-order chi connectivity index (χ0) is 19.2. The number of hydrogen-bond donors (Lipinski definition) is 1. The summed E-state index contributed by atoms with van der Waals surface area (Å²) < 4.78 is 14.3. The first-order chi connectivity index (χ1) is 13.1. The number of aromatic nitrogens is 2. The summed E-state index contributed by atoms with van der Waals surface area (Å²) in [5, 5.41) is 3.94. The van der Waals surface area contributed by atoms with E-state index in [4.69, 9.17) is 0 Å². The van der Waals surface area contributed by atoms with Crippen LogP contribution in [0.1, 0.15) is 38.2 Å². The summed E-state index contributed by atoms with van der Waals surface area (Å²) in [5.74, 6) is 0.680. The third kappa shape index (κ3) is 4.71. The number of benzene rings is 1. The molecule has 4 rings (SSSR count). The number of nitrogens with one attached hydrogen (secondary N) is 1. The highest BCUT2D eigenvalue weighted by atomic mass is 32.2. The number of thiazole rings is 1. The summed E-state index contributed by atoms with van der Waals surface area (Å²) in [6, 6.07) is 6.51. The number of aryl methyl sites for hydroxylation is 1. The van der Waals surface area contributed by atoms with Gasteiger partial charge in [0.05, 0.1) is 15.9 Å². The van der Waals surface area contributed by atoms with Gasteiger partial charge in [-0.2, -0.15) is 0 Å². The number of nitrogens with zero attached hydrogens (tertiary/aromatic N) is 2. The van der Waals surface area contributed by atoms with Crippen LogP contribution in [-0.2, 0) is 4.79 Å². The third-order valence-corrected chi connectivity index (χ3v) is 6.45. The second kappa shape index (κ2) is 9.37. The van der Waals surface area contributed by atoms with E-state index < -0.39 is 0 Å². The number of fused-ring (bicyclic) bond motifs is 1. The van der Waals surface area contributed by atoms with Crippen LogP contribution in [0.4, 0.5) is 3.89 Å². The fraction of sp³-hybridized carbons (Fsp3) is 0.400. The maximum Gasteiger partial charge on any atom is 0.207 e. The van der Waals surface area contributed by atoms with Gasteiger partial charge in [0.2, 0.25) is 6.41 Å². The Balaban J connectivity index is 0.000000180. The number of halogens is 1.